The normalized spacial score (nSPS) is 14.3. The molecule has 0 N–H and O–H groups in total. The molecule has 0 aromatic heterocycles. The SMILES string of the molecule is CCOc1cc(/C=C2\C(=O)N(c3cccc(C)c3)C(=O)N(c3cccc4ccccc34)C2=O)cc(I)c1OCc1ccc(Cl)cc1Cl. The Morgan fingerprint density at radius 1 is 0.809 bits per heavy atom. The number of halogens is 3. The summed E-state index contributed by atoms with van der Waals surface area (Å²) in [6.07, 6.45) is 1.49. The van der Waals surface area contributed by atoms with E-state index in [-0.39, 0.29) is 12.2 Å². The first-order valence-corrected chi connectivity index (χ1v) is 16.5. The van der Waals surface area contributed by atoms with Gasteiger partial charge in [-0.2, -0.15) is 0 Å². The fourth-order valence-corrected chi connectivity index (χ4v) is 6.61. The molecule has 1 aliphatic rings. The summed E-state index contributed by atoms with van der Waals surface area (Å²) in [7, 11) is 0. The average Bonchev–Trinajstić information content (AvgIpc) is 3.04. The van der Waals surface area contributed by atoms with Crippen LogP contribution in [0, 0.1) is 10.5 Å². The van der Waals surface area contributed by atoms with Crippen molar-refractivity contribution in [3.63, 3.8) is 0 Å². The summed E-state index contributed by atoms with van der Waals surface area (Å²) in [6, 6.07) is 27.8. The lowest BCUT2D eigenvalue weighted by Crippen LogP contribution is -2.57. The number of fused-ring (bicyclic) bond motifs is 1. The fourth-order valence-electron chi connectivity index (χ4n) is 5.37. The Morgan fingerprint density at radius 2 is 1.55 bits per heavy atom. The number of aryl methyl sites for hydroxylation is 1. The van der Waals surface area contributed by atoms with Crippen LogP contribution in [0.2, 0.25) is 10.0 Å². The van der Waals surface area contributed by atoms with Crippen LogP contribution in [-0.4, -0.2) is 24.5 Å². The molecule has 0 saturated carbocycles. The molecule has 0 radical (unpaired) electrons. The Labute approximate surface area is 295 Å². The van der Waals surface area contributed by atoms with Crippen molar-refractivity contribution < 1.29 is 23.9 Å². The minimum atomic E-state index is -0.756. The minimum Gasteiger partial charge on any atom is -0.490 e. The second kappa shape index (κ2) is 13.8. The van der Waals surface area contributed by atoms with Gasteiger partial charge >= 0.3 is 6.03 Å². The quantitative estimate of drug-likeness (QED) is 0.0892. The van der Waals surface area contributed by atoms with E-state index in [0.29, 0.717) is 54.0 Å². The number of urea groups is 1. The number of carbonyl (C=O) groups excluding carboxylic acids is 3. The minimum absolute atomic E-state index is 0.164. The van der Waals surface area contributed by atoms with Crippen LogP contribution in [0.15, 0.2) is 103 Å². The number of benzene rings is 5. The average molecular weight is 777 g/mol. The molecule has 10 heteroatoms. The molecule has 47 heavy (non-hydrogen) atoms. The Bertz CT molecular complexity index is 2090. The first-order chi connectivity index (χ1) is 22.7. The van der Waals surface area contributed by atoms with Crippen molar-refractivity contribution >= 4 is 91.9 Å². The predicted molar refractivity (Wildman–Crippen MR) is 195 cm³/mol. The smallest absolute Gasteiger partial charge is 0.343 e. The summed E-state index contributed by atoms with van der Waals surface area (Å²) in [5, 5.41) is 2.55. The Morgan fingerprint density at radius 3 is 2.32 bits per heavy atom. The van der Waals surface area contributed by atoms with Crippen molar-refractivity contribution in [2.24, 2.45) is 0 Å². The second-order valence-electron chi connectivity index (χ2n) is 10.7. The van der Waals surface area contributed by atoms with Gasteiger partial charge in [-0.25, -0.2) is 14.6 Å². The van der Waals surface area contributed by atoms with E-state index in [2.05, 4.69) is 22.6 Å². The second-order valence-corrected chi connectivity index (χ2v) is 12.8. The number of imide groups is 2. The summed E-state index contributed by atoms with van der Waals surface area (Å²) in [6.45, 7) is 4.22. The van der Waals surface area contributed by atoms with E-state index < -0.39 is 17.8 Å². The van der Waals surface area contributed by atoms with Crippen molar-refractivity contribution in [2.45, 2.75) is 20.5 Å². The van der Waals surface area contributed by atoms with Crippen LogP contribution in [0.4, 0.5) is 16.2 Å². The molecular weight excluding hydrogens is 750 g/mol. The third-order valence-electron chi connectivity index (χ3n) is 7.55. The lowest BCUT2D eigenvalue weighted by atomic mass is 10.0. The van der Waals surface area contributed by atoms with Gasteiger partial charge < -0.3 is 9.47 Å². The van der Waals surface area contributed by atoms with Crippen LogP contribution in [0.25, 0.3) is 16.8 Å². The Hall–Kier alpha value is -4.38. The Balaban J connectivity index is 1.45. The predicted octanol–water partition coefficient (Wildman–Crippen LogP) is 9.62. The molecule has 236 valence electrons. The molecule has 5 aromatic rings. The zero-order chi connectivity index (χ0) is 33.2. The molecule has 1 aliphatic heterocycles. The highest BCUT2D eigenvalue weighted by atomic mass is 127. The molecule has 1 saturated heterocycles. The van der Waals surface area contributed by atoms with Crippen molar-refractivity contribution in [1.29, 1.82) is 0 Å². The zero-order valence-electron chi connectivity index (χ0n) is 25.3. The number of rotatable bonds is 8. The van der Waals surface area contributed by atoms with Crippen LogP contribution in [0.5, 0.6) is 11.5 Å². The molecule has 0 bridgehead atoms. The van der Waals surface area contributed by atoms with E-state index in [1.165, 1.54) is 6.08 Å². The van der Waals surface area contributed by atoms with Crippen LogP contribution < -0.4 is 19.3 Å². The summed E-state index contributed by atoms with van der Waals surface area (Å²) >= 11 is 14.5. The van der Waals surface area contributed by atoms with Gasteiger partial charge in [-0.1, -0.05) is 77.8 Å². The summed E-state index contributed by atoms with van der Waals surface area (Å²) in [5.41, 5.74) is 2.67. The van der Waals surface area contributed by atoms with Gasteiger partial charge in [0.25, 0.3) is 11.8 Å². The van der Waals surface area contributed by atoms with Crippen molar-refractivity contribution in [1.82, 2.24) is 0 Å². The van der Waals surface area contributed by atoms with Gasteiger partial charge in [0.2, 0.25) is 0 Å². The van der Waals surface area contributed by atoms with Crippen LogP contribution in [0.1, 0.15) is 23.6 Å². The van der Waals surface area contributed by atoms with Crippen molar-refractivity contribution in [3.8, 4) is 11.5 Å². The number of ether oxygens (including phenoxy) is 2. The van der Waals surface area contributed by atoms with E-state index in [9.17, 15) is 14.4 Å². The van der Waals surface area contributed by atoms with Gasteiger partial charge in [0, 0.05) is 21.0 Å². The van der Waals surface area contributed by atoms with Gasteiger partial charge in [0.05, 0.1) is 21.6 Å². The monoisotopic (exact) mass is 776 g/mol. The standard InChI is InChI=1S/C37H27Cl2IN2O5/c1-3-46-33-19-23(18-31(40)34(33)47-21-25-14-15-26(38)20-30(25)39)17-29-35(43)41(27-11-6-8-22(2)16-27)37(45)42(36(29)44)32-13-7-10-24-9-4-5-12-28(24)32/h4-20H,3,21H2,1-2H3/b29-17+. The van der Waals surface area contributed by atoms with Gasteiger partial charge in [-0.05, 0) is 101 Å². The number of carbonyl (C=O) groups is 3. The third kappa shape index (κ3) is 6.58. The highest BCUT2D eigenvalue weighted by Gasteiger charge is 2.44. The van der Waals surface area contributed by atoms with E-state index in [4.69, 9.17) is 32.7 Å². The van der Waals surface area contributed by atoms with Gasteiger partial charge in [0.1, 0.15) is 12.2 Å². The summed E-state index contributed by atoms with van der Waals surface area (Å²) < 4.78 is 12.8. The van der Waals surface area contributed by atoms with Gasteiger partial charge in [-0.15, -0.1) is 0 Å². The van der Waals surface area contributed by atoms with Crippen LogP contribution >= 0.6 is 45.8 Å². The van der Waals surface area contributed by atoms with Gasteiger partial charge in [-0.3, -0.25) is 9.59 Å². The Kier molecular flexibility index (Phi) is 9.54. The lowest BCUT2D eigenvalue weighted by molar-refractivity contribution is -0.121. The summed E-state index contributed by atoms with van der Waals surface area (Å²) in [4.78, 5) is 44.5. The highest BCUT2D eigenvalue weighted by Crippen LogP contribution is 2.38. The highest BCUT2D eigenvalue weighted by molar-refractivity contribution is 14.1. The molecule has 0 spiro atoms. The molecule has 1 fully saturated rings. The first kappa shape index (κ1) is 32.6. The third-order valence-corrected chi connectivity index (χ3v) is 8.94. The molecule has 0 aliphatic carbocycles. The molecular formula is C37H27Cl2IN2O5. The number of hydrogen-bond donors (Lipinski definition) is 0. The molecule has 0 atom stereocenters. The van der Waals surface area contributed by atoms with Gasteiger partial charge in [0.15, 0.2) is 11.5 Å². The number of anilines is 2. The van der Waals surface area contributed by atoms with E-state index in [1.54, 1.807) is 60.7 Å². The van der Waals surface area contributed by atoms with Crippen molar-refractivity contribution in [3.05, 3.63) is 133 Å². The largest absolute Gasteiger partial charge is 0.490 e. The van der Waals surface area contributed by atoms with Crippen LogP contribution in [-0.2, 0) is 16.2 Å². The molecule has 5 aromatic carbocycles. The van der Waals surface area contributed by atoms with E-state index in [0.717, 1.165) is 26.3 Å². The molecule has 7 nitrogen and oxygen atoms in total. The lowest BCUT2D eigenvalue weighted by Gasteiger charge is -2.34. The topological polar surface area (TPSA) is 76.2 Å². The molecule has 6 rings (SSSR count). The number of amides is 4. The molecule has 4 amide bonds. The van der Waals surface area contributed by atoms with Crippen molar-refractivity contribution in [2.75, 3.05) is 16.4 Å². The number of hydrogen-bond acceptors (Lipinski definition) is 5. The summed E-state index contributed by atoms with van der Waals surface area (Å²) in [5.74, 6) is -0.556. The number of barbiturate groups is 1. The fraction of sp³-hybridized carbons (Fsp3) is 0.108. The van der Waals surface area contributed by atoms with E-state index in [1.807, 2.05) is 50.2 Å². The van der Waals surface area contributed by atoms with E-state index >= 15 is 0 Å². The van der Waals surface area contributed by atoms with Crippen LogP contribution in [0.3, 0.4) is 0 Å². The number of nitrogens with zero attached hydrogens (tertiary/aromatic N) is 2. The molecule has 0 unspecified atom stereocenters. The molecule has 1 heterocycles. The maximum atomic E-state index is 14.2. The maximum Gasteiger partial charge on any atom is 0.343 e. The zero-order valence-corrected chi connectivity index (χ0v) is 29.0. The first-order valence-electron chi connectivity index (χ1n) is 14.7. The maximum absolute atomic E-state index is 14.2.